The Morgan fingerprint density at radius 1 is 1.43 bits per heavy atom. The van der Waals surface area contributed by atoms with Crippen LogP contribution in [0.3, 0.4) is 0 Å². The summed E-state index contributed by atoms with van der Waals surface area (Å²) in [5, 5.41) is 10.7. The van der Waals surface area contributed by atoms with E-state index >= 15 is 0 Å². The van der Waals surface area contributed by atoms with E-state index in [0.29, 0.717) is 29.5 Å². The molecule has 0 saturated carbocycles. The Labute approximate surface area is 146 Å². The number of carboxylic acids is 1. The molecule has 0 aromatic heterocycles. The number of carboxylic acid groups (broad SMARTS) is 1. The molecule has 6 nitrogen and oxygen atoms in total. The number of amides is 1. The molecule has 23 heavy (non-hydrogen) atoms. The Balaban J connectivity index is 2.72. The smallest absolute Gasteiger partial charge is 0.303 e. The number of carbonyl (C=O) groups is 3. The number of carbonyl (C=O) groups excluding carboxylic acids is 2. The summed E-state index contributed by atoms with van der Waals surface area (Å²) in [4.78, 5) is 33.0. The van der Waals surface area contributed by atoms with Gasteiger partial charge in [0.25, 0.3) is 5.24 Å². The lowest BCUT2D eigenvalue weighted by molar-refractivity contribution is -0.137. The van der Waals surface area contributed by atoms with Crippen LogP contribution >= 0.6 is 27.7 Å². The maximum atomic E-state index is 11.3. The molecule has 0 aliphatic heterocycles. The zero-order valence-electron chi connectivity index (χ0n) is 12.4. The number of nitrogens with one attached hydrogen (secondary N) is 1. The van der Waals surface area contributed by atoms with Crippen molar-refractivity contribution in [3.8, 4) is 5.75 Å². The van der Waals surface area contributed by atoms with Gasteiger partial charge >= 0.3 is 5.97 Å². The van der Waals surface area contributed by atoms with Crippen LogP contribution in [0.4, 0.5) is 4.79 Å². The standard InChI is InChI=1S/C15H16BrNO5S/c1-17-15(21)23-11(9-18)7-10-4-5-13(12(16)8-10)22-6-2-3-14(19)20/h4-5,7-9H,2-3,6H2,1H3,(H,17,21)(H,19,20)/b11-7-. The third-order valence-corrected chi connectivity index (χ3v) is 4.05. The highest BCUT2D eigenvalue weighted by molar-refractivity contribution is 9.10. The van der Waals surface area contributed by atoms with Crippen LogP contribution < -0.4 is 10.1 Å². The van der Waals surface area contributed by atoms with E-state index in [1.54, 1.807) is 24.3 Å². The van der Waals surface area contributed by atoms with Crippen molar-refractivity contribution < 1.29 is 24.2 Å². The van der Waals surface area contributed by atoms with Crippen LogP contribution in [-0.4, -0.2) is 36.3 Å². The minimum atomic E-state index is -0.858. The molecule has 0 spiro atoms. The van der Waals surface area contributed by atoms with E-state index in [4.69, 9.17) is 9.84 Å². The summed E-state index contributed by atoms with van der Waals surface area (Å²) >= 11 is 4.17. The highest BCUT2D eigenvalue weighted by Crippen LogP contribution is 2.28. The van der Waals surface area contributed by atoms with Crippen molar-refractivity contribution >= 4 is 51.3 Å². The topological polar surface area (TPSA) is 92.7 Å². The van der Waals surface area contributed by atoms with Crippen LogP contribution in [0.25, 0.3) is 6.08 Å². The molecule has 0 unspecified atom stereocenters. The molecule has 0 saturated heterocycles. The Bertz CT molecular complexity index is 618. The first-order valence-corrected chi connectivity index (χ1v) is 8.27. The monoisotopic (exact) mass is 401 g/mol. The molecule has 0 bridgehead atoms. The van der Waals surface area contributed by atoms with Gasteiger partial charge in [-0.25, -0.2) is 0 Å². The van der Waals surface area contributed by atoms with Crippen molar-refractivity contribution in [2.75, 3.05) is 13.7 Å². The van der Waals surface area contributed by atoms with Gasteiger partial charge in [-0.1, -0.05) is 6.07 Å². The average Bonchev–Trinajstić information content (AvgIpc) is 2.52. The Kier molecular flexibility index (Phi) is 8.42. The van der Waals surface area contributed by atoms with Gasteiger partial charge in [0, 0.05) is 13.5 Å². The van der Waals surface area contributed by atoms with Crippen molar-refractivity contribution in [2.45, 2.75) is 12.8 Å². The summed E-state index contributed by atoms with van der Waals surface area (Å²) < 4.78 is 6.16. The van der Waals surface area contributed by atoms with Crippen LogP contribution in [0, 0.1) is 0 Å². The second-order valence-electron chi connectivity index (χ2n) is 4.34. The van der Waals surface area contributed by atoms with Gasteiger partial charge in [-0.3, -0.25) is 14.4 Å². The average molecular weight is 402 g/mol. The third kappa shape index (κ3) is 7.34. The molecule has 8 heteroatoms. The van der Waals surface area contributed by atoms with Gasteiger partial charge in [0.1, 0.15) is 5.75 Å². The van der Waals surface area contributed by atoms with Crippen molar-refractivity contribution in [3.63, 3.8) is 0 Å². The largest absolute Gasteiger partial charge is 0.492 e. The van der Waals surface area contributed by atoms with Gasteiger partial charge in [-0.05, 0) is 57.9 Å². The molecule has 1 amide bonds. The van der Waals surface area contributed by atoms with Crippen molar-refractivity contribution in [1.82, 2.24) is 5.32 Å². The number of aldehydes is 1. The number of halogens is 1. The second kappa shape index (κ2) is 10.1. The number of allylic oxidation sites excluding steroid dienone is 1. The van der Waals surface area contributed by atoms with E-state index in [0.717, 1.165) is 17.3 Å². The predicted molar refractivity (Wildman–Crippen MR) is 92.6 cm³/mol. The van der Waals surface area contributed by atoms with Crippen LogP contribution in [0.5, 0.6) is 5.75 Å². The van der Waals surface area contributed by atoms with Gasteiger partial charge in [0.2, 0.25) is 0 Å². The lowest BCUT2D eigenvalue weighted by atomic mass is 10.2. The summed E-state index contributed by atoms with van der Waals surface area (Å²) in [5.41, 5.74) is 0.730. The van der Waals surface area contributed by atoms with E-state index in [2.05, 4.69) is 21.2 Å². The fourth-order valence-corrected chi connectivity index (χ4v) is 2.61. The molecule has 0 radical (unpaired) electrons. The molecular formula is C15H16BrNO5S. The van der Waals surface area contributed by atoms with Gasteiger partial charge in [0.05, 0.1) is 16.0 Å². The van der Waals surface area contributed by atoms with E-state index < -0.39 is 5.97 Å². The van der Waals surface area contributed by atoms with Crippen molar-refractivity contribution in [2.24, 2.45) is 0 Å². The van der Waals surface area contributed by atoms with E-state index in [1.165, 1.54) is 7.05 Å². The molecule has 1 rings (SSSR count). The highest BCUT2D eigenvalue weighted by Gasteiger charge is 2.07. The molecule has 0 heterocycles. The van der Waals surface area contributed by atoms with Gasteiger partial charge < -0.3 is 15.2 Å². The summed E-state index contributed by atoms with van der Waals surface area (Å²) in [5.74, 6) is -0.276. The van der Waals surface area contributed by atoms with Crippen LogP contribution in [-0.2, 0) is 9.59 Å². The minimum Gasteiger partial charge on any atom is -0.492 e. The quantitative estimate of drug-likeness (QED) is 0.394. The number of thioether (sulfide) groups is 1. The maximum absolute atomic E-state index is 11.3. The van der Waals surface area contributed by atoms with Crippen LogP contribution in [0.2, 0.25) is 0 Å². The molecular weight excluding hydrogens is 386 g/mol. The minimum absolute atomic E-state index is 0.0534. The van der Waals surface area contributed by atoms with E-state index in [-0.39, 0.29) is 16.6 Å². The molecule has 2 N–H and O–H groups in total. The van der Waals surface area contributed by atoms with Gasteiger partial charge in [-0.15, -0.1) is 0 Å². The van der Waals surface area contributed by atoms with Crippen LogP contribution in [0.1, 0.15) is 18.4 Å². The lowest BCUT2D eigenvalue weighted by Gasteiger charge is -2.08. The Hall–Kier alpha value is -1.80. The first-order valence-electron chi connectivity index (χ1n) is 6.67. The third-order valence-electron chi connectivity index (χ3n) is 2.59. The number of benzene rings is 1. The molecule has 0 aliphatic rings. The van der Waals surface area contributed by atoms with Gasteiger partial charge in [-0.2, -0.15) is 0 Å². The molecule has 124 valence electrons. The summed E-state index contributed by atoms with van der Waals surface area (Å²) in [7, 11) is 1.49. The van der Waals surface area contributed by atoms with E-state index in [1.807, 2.05) is 0 Å². The zero-order chi connectivity index (χ0) is 17.2. The van der Waals surface area contributed by atoms with Gasteiger partial charge in [0.15, 0.2) is 6.29 Å². The Morgan fingerprint density at radius 2 is 2.17 bits per heavy atom. The van der Waals surface area contributed by atoms with E-state index in [9.17, 15) is 14.4 Å². The number of hydrogen-bond acceptors (Lipinski definition) is 5. The van der Waals surface area contributed by atoms with Crippen molar-refractivity contribution in [3.05, 3.63) is 33.1 Å². The predicted octanol–water partition coefficient (Wildman–Crippen LogP) is 3.31. The highest BCUT2D eigenvalue weighted by atomic mass is 79.9. The molecule has 0 aliphatic carbocycles. The van der Waals surface area contributed by atoms with Crippen LogP contribution in [0.15, 0.2) is 27.6 Å². The molecule has 0 atom stereocenters. The summed E-state index contributed by atoms with van der Waals surface area (Å²) in [6.07, 6.45) is 2.68. The fourth-order valence-electron chi connectivity index (χ4n) is 1.54. The SMILES string of the molecule is CNC(=O)S/C(C=O)=C\c1ccc(OCCCC(=O)O)c(Br)c1. The lowest BCUT2D eigenvalue weighted by Crippen LogP contribution is -2.11. The molecule has 0 fully saturated rings. The second-order valence-corrected chi connectivity index (χ2v) is 6.24. The zero-order valence-corrected chi connectivity index (χ0v) is 14.8. The summed E-state index contributed by atoms with van der Waals surface area (Å²) in [6, 6.07) is 5.20. The number of ether oxygens (including phenoxy) is 1. The maximum Gasteiger partial charge on any atom is 0.303 e. The Morgan fingerprint density at radius 3 is 2.74 bits per heavy atom. The first kappa shape index (κ1) is 19.2. The van der Waals surface area contributed by atoms with Crippen molar-refractivity contribution in [1.29, 1.82) is 0 Å². The first-order chi connectivity index (χ1) is 11.0. The summed E-state index contributed by atoms with van der Waals surface area (Å²) in [6.45, 7) is 0.298. The normalized spacial score (nSPS) is 11.0. The number of hydrogen-bond donors (Lipinski definition) is 2. The number of aliphatic carboxylic acids is 1. The fraction of sp³-hybridized carbons (Fsp3) is 0.267. The molecule has 1 aromatic carbocycles. The molecule has 1 aromatic rings. The number of rotatable bonds is 8.